The van der Waals surface area contributed by atoms with Gasteiger partial charge < -0.3 is 5.32 Å². The molecule has 0 radical (unpaired) electrons. The van der Waals surface area contributed by atoms with Crippen LogP contribution in [0.5, 0.6) is 0 Å². The Morgan fingerprint density at radius 3 is 2.21 bits per heavy atom. The first kappa shape index (κ1) is 14.5. The van der Waals surface area contributed by atoms with E-state index in [1.165, 1.54) is 43.5 Å². The molecule has 0 spiro atoms. The average molecular weight is 260 g/mol. The van der Waals surface area contributed by atoms with Crippen LogP contribution in [0.1, 0.15) is 37.8 Å². The molecular weight excluding hydrogens is 232 g/mol. The molecule has 1 aliphatic heterocycles. The van der Waals surface area contributed by atoms with Crippen molar-refractivity contribution in [3.05, 3.63) is 35.4 Å². The molecule has 1 aromatic carbocycles. The van der Waals surface area contributed by atoms with E-state index >= 15 is 0 Å². The summed E-state index contributed by atoms with van der Waals surface area (Å²) >= 11 is 0. The van der Waals surface area contributed by atoms with Crippen molar-refractivity contribution in [3.63, 3.8) is 0 Å². The molecule has 2 nitrogen and oxygen atoms in total. The van der Waals surface area contributed by atoms with E-state index in [0.717, 1.165) is 18.5 Å². The summed E-state index contributed by atoms with van der Waals surface area (Å²) in [6, 6.07) is 9.94. The Balaban J connectivity index is 1.83. The topological polar surface area (TPSA) is 15.3 Å². The Kier molecular flexibility index (Phi) is 5.41. The zero-order valence-electron chi connectivity index (χ0n) is 12.7. The van der Waals surface area contributed by atoms with Crippen LogP contribution in [0.25, 0.3) is 0 Å². The molecule has 106 valence electrons. The maximum Gasteiger partial charge on any atom is 0.0233 e. The predicted molar refractivity (Wildman–Crippen MR) is 82.3 cm³/mol. The van der Waals surface area contributed by atoms with E-state index < -0.39 is 0 Å². The van der Waals surface area contributed by atoms with Crippen molar-refractivity contribution in [1.82, 2.24) is 10.2 Å². The number of piperidine rings is 1. The van der Waals surface area contributed by atoms with Gasteiger partial charge in [-0.2, -0.15) is 0 Å². The molecule has 2 rings (SSSR count). The van der Waals surface area contributed by atoms with Crippen LogP contribution in [0.4, 0.5) is 0 Å². The number of nitrogens with one attached hydrogen (secondary N) is 1. The van der Waals surface area contributed by atoms with Gasteiger partial charge in [0.15, 0.2) is 0 Å². The van der Waals surface area contributed by atoms with E-state index in [1.807, 2.05) is 0 Å². The first-order valence-electron chi connectivity index (χ1n) is 7.65. The third-order valence-corrected chi connectivity index (χ3v) is 4.07. The van der Waals surface area contributed by atoms with E-state index in [2.05, 4.69) is 55.4 Å². The summed E-state index contributed by atoms with van der Waals surface area (Å²) in [5.74, 6) is 0.742. The predicted octanol–water partition coefficient (Wildman–Crippen LogP) is 3.07. The minimum absolute atomic E-state index is 0.727. The lowest BCUT2D eigenvalue weighted by molar-refractivity contribution is 0.194. The van der Waals surface area contributed by atoms with Crippen LogP contribution in [0.2, 0.25) is 0 Å². The Morgan fingerprint density at radius 1 is 1.11 bits per heavy atom. The van der Waals surface area contributed by atoms with Crippen molar-refractivity contribution in [2.75, 3.05) is 20.1 Å². The summed E-state index contributed by atoms with van der Waals surface area (Å²) in [7, 11) is 2.08. The molecule has 1 aromatic rings. The van der Waals surface area contributed by atoms with E-state index in [1.54, 1.807) is 0 Å². The molecule has 0 aromatic heterocycles. The molecule has 0 amide bonds. The van der Waals surface area contributed by atoms with Crippen LogP contribution < -0.4 is 5.32 Å². The minimum Gasteiger partial charge on any atom is -0.317 e. The van der Waals surface area contributed by atoms with Crippen molar-refractivity contribution in [2.24, 2.45) is 5.92 Å². The van der Waals surface area contributed by atoms with Crippen LogP contribution in [-0.2, 0) is 13.0 Å². The molecule has 0 atom stereocenters. The molecule has 2 heteroatoms. The van der Waals surface area contributed by atoms with Gasteiger partial charge in [0.2, 0.25) is 0 Å². The van der Waals surface area contributed by atoms with Gasteiger partial charge in [0.1, 0.15) is 0 Å². The Labute approximate surface area is 118 Å². The molecule has 0 bridgehead atoms. The summed E-state index contributed by atoms with van der Waals surface area (Å²) < 4.78 is 0. The minimum atomic E-state index is 0.727. The lowest BCUT2D eigenvalue weighted by Gasteiger charge is -2.31. The van der Waals surface area contributed by atoms with E-state index in [-0.39, 0.29) is 0 Å². The van der Waals surface area contributed by atoms with Gasteiger partial charge in [-0.3, -0.25) is 4.90 Å². The van der Waals surface area contributed by atoms with Gasteiger partial charge in [-0.1, -0.05) is 38.1 Å². The van der Waals surface area contributed by atoms with Crippen molar-refractivity contribution in [3.8, 4) is 0 Å². The van der Waals surface area contributed by atoms with Gasteiger partial charge in [-0.15, -0.1) is 0 Å². The monoisotopic (exact) mass is 260 g/mol. The number of hydrogen-bond acceptors (Lipinski definition) is 2. The van der Waals surface area contributed by atoms with Gasteiger partial charge >= 0.3 is 0 Å². The molecule has 1 heterocycles. The SMILES string of the molecule is CNC1CCN(Cc2ccc(CC(C)C)cc2)CC1. The molecule has 1 saturated heterocycles. The maximum absolute atomic E-state index is 3.39. The Hall–Kier alpha value is -0.860. The van der Waals surface area contributed by atoms with Gasteiger partial charge in [0.25, 0.3) is 0 Å². The number of rotatable bonds is 5. The third-order valence-electron chi connectivity index (χ3n) is 4.07. The summed E-state index contributed by atoms with van der Waals surface area (Å²) in [6.45, 7) is 8.11. The fourth-order valence-corrected chi connectivity index (χ4v) is 2.89. The average Bonchev–Trinajstić information content (AvgIpc) is 2.41. The van der Waals surface area contributed by atoms with E-state index in [0.29, 0.717) is 0 Å². The van der Waals surface area contributed by atoms with Gasteiger partial charge in [-0.25, -0.2) is 0 Å². The van der Waals surface area contributed by atoms with E-state index in [4.69, 9.17) is 0 Å². The highest BCUT2D eigenvalue weighted by atomic mass is 15.1. The highest BCUT2D eigenvalue weighted by Crippen LogP contribution is 2.15. The molecular formula is C17H28N2. The third kappa shape index (κ3) is 4.63. The van der Waals surface area contributed by atoms with Crippen LogP contribution in [0.15, 0.2) is 24.3 Å². The van der Waals surface area contributed by atoms with Crippen molar-refractivity contribution in [1.29, 1.82) is 0 Å². The second kappa shape index (κ2) is 7.06. The molecule has 1 fully saturated rings. The van der Waals surface area contributed by atoms with Gasteiger partial charge in [0.05, 0.1) is 0 Å². The second-order valence-corrected chi connectivity index (χ2v) is 6.25. The van der Waals surface area contributed by atoms with E-state index in [9.17, 15) is 0 Å². The highest BCUT2D eigenvalue weighted by molar-refractivity contribution is 5.22. The largest absolute Gasteiger partial charge is 0.317 e. The Bertz CT molecular complexity index is 361. The molecule has 1 N–H and O–H groups in total. The van der Waals surface area contributed by atoms with Crippen LogP contribution >= 0.6 is 0 Å². The number of benzene rings is 1. The van der Waals surface area contributed by atoms with Crippen LogP contribution in [0, 0.1) is 5.92 Å². The normalized spacial score (nSPS) is 18.1. The van der Waals surface area contributed by atoms with Crippen LogP contribution in [-0.4, -0.2) is 31.1 Å². The second-order valence-electron chi connectivity index (χ2n) is 6.25. The lowest BCUT2D eigenvalue weighted by Crippen LogP contribution is -2.40. The number of likely N-dealkylation sites (tertiary alicyclic amines) is 1. The quantitative estimate of drug-likeness (QED) is 0.875. The highest BCUT2D eigenvalue weighted by Gasteiger charge is 2.17. The standard InChI is InChI=1S/C17H28N2/c1-14(2)12-15-4-6-16(7-5-15)13-19-10-8-17(18-3)9-11-19/h4-7,14,17-18H,8-13H2,1-3H3. The fourth-order valence-electron chi connectivity index (χ4n) is 2.89. The molecule has 0 aliphatic carbocycles. The first-order valence-corrected chi connectivity index (χ1v) is 7.65. The van der Waals surface area contributed by atoms with Crippen molar-refractivity contribution >= 4 is 0 Å². The Morgan fingerprint density at radius 2 is 1.68 bits per heavy atom. The van der Waals surface area contributed by atoms with Gasteiger partial charge in [0, 0.05) is 12.6 Å². The summed E-state index contributed by atoms with van der Waals surface area (Å²) in [6.07, 6.45) is 3.75. The fraction of sp³-hybridized carbons (Fsp3) is 0.647. The maximum atomic E-state index is 3.39. The lowest BCUT2D eigenvalue weighted by atomic mass is 10.0. The first-order chi connectivity index (χ1) is 9.17. The van der Waals surface area contributed by atoms with Gasteiger partial charge in [-0.05, 0) is 56.4 Å². The molecule has 0 saturated carbocycles. The molecule has 0 unspecified atom stereocenters. The zero-order valence-corrected chi connectivity index (χ0v) is 12.7. The van der Waals surface area contributed by atoms with Crippen molar-refractivity contribution in [2.45, 2.75) is 45.7 Å². The number of nitrogens with zero attached hydrogens (tertiary/aromatic N) is 1. The zero-order chi connectivity index (χ0) is 13.7. The smallest absolute Gasteiger partial charge is 0.0233 e. The summed E-state index contributed by atoms with van der Waals surface area (Å²) in [4.78, 5) is 2.57. The number of hydrogen-bond donors (Lipinski definition) is 1. The van der Waals surface area contributed by atoms with Crippen molar-refractivity contribution < 1.29 is 0 Å². The molecule has 1 aliphatic rings. The summed E-state index contributed by atoms with van der Waals surface area (Å²) in [5.41, 5.74) is 2.92. The summed E-state index contributed by atoms with van der Waals surface area (Å²) in [5, 5.41) is 3.39. The van der Waals surface area contributed by atoms with Crippen LogP contribution in [0.3, 0.4) is 0 Å². The molecule has 19 heavy (non-hydrogen) atoms.